The Morgan fingerprint density at radius 1 is 1.44 bits per heavy atom. The molecule has 0 saturated heterocycles. The molecule has 1 unspecified atom stereocenters. The molecule has 1 atom stereocenters. The van der Waals surface area contributed by atoms with E-state index in [0.717, 1.165) is 23.3 Å². The topological polar surface area (TPSA) is 78.2 Å². The van der Waals surface area contributed by atoms with E-state index in [9.17, 15) is 0 Å². The van der Waals surface area contributed by atoms with Crippen molar-refractivity contribution in [2.75, 3.05) is 13.7 Å². The van der Waals surface area contributed by atoms with Gasteiger partial charge in [-0.25, -0.2) is 0 Å². The zero-order valence-electron chi connectivity index (χ0n) is 10.8. The van der Waals surface area contributed by atoms with Gasteiger partial charge in [0.05, 0.1) is 13.2 Å². The van der Waals surface area contributed by atoms with E-state index in [1.54, 1.807) is 7.11 Å². The fourth-order valence-corrected chi connectivity index (χ4v) is 1.90. The first-order valence-electron chi connectivity index (χ1n) is 6.02. The van der Waals surface area contributed by atoms with E-state index in [1.807, 2.05) is 25.1 Å². The highest BCUT2D eigenvalue weighted by Gasteiger charge is 2.14. The van der Waals surface area contributed by atoms with Crippen molar-refractivity contribution < 1.29 is 9.84 Å². The van der Waals surface area contributed by atoms with Gasteiger partial charge in [-0.3, -0.25) is 0 Å². The zero-order chi connectivity index (χ0) is 13.4. The summed E-state index contributed by atoms with van der Waals surface area (Å²) >= 11 is 0. The van der Waals surface area contributed by atoms with Gasteiger partial charge in [-0.2, -0.15) is 0 Å². The Morgan fingerprint density at radius 3 is 2.83 bits per heavy atom. The molecule has 5 heteroatoms. The van der Waals surface area contributed by atoms with Crippen LogP contribution in [0.3, 0.4) is 0 Å². The molecule has 0 heterocycles. The summed E-state index contributed by atoms with van der Waals surface area (Å²) in [5.74, 6) is 0.738. The molecule has 5 nitrogen and oxygen atoms in total. The van der Waals surface area contributed by atoms with E-state index >= 15 is 0 Å². The Kier molecular flexibility index (Phi) is 6.05. The zero-order valence-corrected chi connectivity index (χ0v) is 10.8. The lowest BCUT2D eigenvalue weighted by molar-refractivity contribution is 0.281. The van der Waals surface area contributed by atoms with Gasteiger partial charge in [-0.05, 0) is 31.4 Å². The van der Waals surface area contributed by atoms with Crippen LogP contribution in [0.15, 0.2) is 23.3 Å². The van der Waals surface area contributed by atoms with Crippen LogP contribution in [-0.4, -0.2) is 18.8 Å². The van der Waals surface area contributed by atoms with Crippen molar-refractivity contribution in [3.63, 3.8) is 0 Å². The van der Waals surface area contributed by atoms with Gasteiger partial charge >= 0.3 is 0 Å². The first-order valence-corrected chi connectivity index (χ1v) is 6.02. The number of ether oxygens (including phenoxy) is 1. The molecule has 98 valence electrons. The van der Waals surface area contributed by atoms with Gasteiger partial charge < -0.3 is 9.84 Å². The van der Waals surface area contributed by atoms with E-state index in [2.05, 4.69) is 10.0 Å². The summed E-state index contributed by atoms with van der Waals surface area (Å²) in [4.78, 5) is 2.90. The lowest BCUT2D eigenvalue weighted by atomic mass is 9.99. The van der Waals surface area contributed by atoms with Crippen LogP contribution in [0, 0.1) is 6.92 Å². The van der Waals surface area contributed by atoms with Crippen LogP contribution in [0.1, 0.15) is 36.4 Å². The average molecular weight is 249 g/mol. The highest BCUT2D eigenvalue weighted by atomic mass is 16.5. The van der Waals surface area contributed by atoms with Crippen molar-refractivity contribution in [3.8, 4) is 5.75 Å². The number of aliphatic hydroxyl groups excluding tert-OH is 1. The van der Waals surface area contributed by atoms with Gasteiger partial charge in [0.25, 0.3) is 0 Å². The molecule has 1 aromatic carbocycles. The third-order valence-corrected chi connectivity index (χ3v) is 2.82. The first-order chi connectivity index (χ1) is 8.72. The van der Waals surface area contributed by atoms with Gasteiger partial charge in [0.1, 0.15) is 5.75 Å². The fraction of sp³-hybridized carbons (Fsp3) is 0.538. The number of methoxy groups -OCH3 is 1. The van der Waals surface area contributed by atoms with E-state index in [1.165, 1.54) is 0 Å². The summed E-state index contributed by atoms with van der Waals surface area (Å²) in [5.41, 5.74) is 10.7. The van der Waals surface area contributed by atoms with Crippen LogP contribution in [0.5, 0.6) is 5.75 Å². The number of unbranched alkanes of at least 4 members (excludes halogenated alkanes) is 1. The number of rotatable bonds is 7. The van der Waals surface area contributed by atoms with Crippen molar-refractivity contribution in [1.82, 2.24) is 0 Å². The molecule has 0 aliphatic heterocycles. The molecule has 0 spiro atoms. The molecule has 1 aromatic rings. The lowest BCUT2D eigenvalue weighted by Crippen LogP contribution is -2.00. The standard InChI is InChI=1S/C13H19N3O2/c1-10-6-7-13(18-2)11(9-10)12(15-16-14)5-3-4-8-17/h6-7,9,12,17H,3-5,8H2,1-2H3. The molecule has 0 saturated carbocycles. The Morgan fingerprint density at radius 2 is 2.22 bits per heavy atom. The first kappa shape index (κ1) is 14.4. The van der Waals surface area contributed by atoms with Crippen LogP contribution in [0.4, 0.5) is 0 Å². The smallest absolute Gasteiger partial charge is 0.122 e. The molecule has 1 rings (SSSR count). The average Bonchev–Trinajstić information content (AvgIpc) is 2.38. The normalized spacial score (nSPS) is 11.7. The quantitative estimate of drug-likeness (QED) is 0.347. The molecule has 0 aliphatic rings. The Balaban J connectivity index is 2.96. The third kappa shape index (κ3) is 3.95. The maximum Gasteiger partial charge on any atom is 0.122 e. The molecular weight excluding hydrogens is 230 g/mol. The maximum absolute atomic E-state index is 8.80. The Labute approximate surface area is 107 Å². The molecule has 1 N–H and O–H groups in total. The number of nitrogens with zero attached hydrogens (tertiary/aromatic N) is 3. The predicted octanol–water partition coefficient (Wildman–Crippen LogP) is 3.52. The molecule has 0 amide bonds. The van der Waals surface area contributed by atoms with Gasteiger partial charge in [0.15, 0.2) is 0 Å². The van der Waals surface area contributed by atoms with Crippen molar-refractivity contribution in [2.24, 2.45) is 5.11 Å². The minimum absolute atomic E-state index is 0.161. The molecular formula is C13H19N3O2. The van der Waals surface area contributed by atoms with E-state index in [0.29, 0.717) is 12.8 Å². The summed E-state index contributed by atoms with van der Waals surface area (Å²) in [7, 11) is 1.61. The fourth-order valence-electron chi connectivity index (χ4n) is 1.90. The number of hydrogen-bond donors (Lipinski definition) is 1. The molecule has 0 bridgehead atoms. The molecule has 0 radical (unpaired) electrons. The number of aliphatic hydroxyl groups is 1. The van der Waals surface area contributed by atoms with Gasteiger partial charge in [0.2, 0.25) is 0 Å². The van der Waals surface area contributed by atoms with Crippen molar-refractivity contribution in [1.29, 1.82) is 0 Å². The van der Waals surface area contributed by atoms with Gasteiger partial charge in [0, 0.05) is 17.1 Å². The largest absolute Gasteiger partial charge is 0.496 e. The summed E-state index contributed by atoms with van der Waals surface area (Å²) < 4.78 is 5.30. The van der Waals surface area contributed by atoms with Crippen molar-refractivity contribution in [2.45, 2.75) is 32.2 Å². The number of azide groups is 1. The van der Waals surface area contributed by atoms with Crippen LogP contribution in [-0.2, 0) is 0 Å². The summed E-state index contributed by atoms with van der Waals surface area (Å²) in [6.07, 6.45) is 2.24. The highest BCUT2D eigenvalue weighted by Crippen LogP contribution is 2.32. The molecule has 18 heavy (non-hydrogen) atoms. The number of hydrogen-bond acceptors (Lipinski definition) is 3. The second kappa shape index (κ2) is 7.58. The lowest BCUT2D eigenvalue weighted by Gasteiger charge is -2.15. The Hall–Kier alpha value is -1.71. The molecule has 0 fully saturated rings. The van der Waals surface area contributed by atoms with E-state index < -0.39 is 0 Å². The van der Waals surface area contributed by atoms with E-state index in [4.69, 9.17) is 15.4 Å². The minimum atomic E-state index is -0.239. The maximum atomic E-state index is 8.80. The van der Waals surface area contributed by atoms with Crippen LogP contribution in [0.25, 0.3) is 10.4 Å². The summed E-state index contributed by atoms with van der Waals surface area (Å²) in [5, 5.41) is 12.6. The van der Waals surface area contributed by atoms with Crippen LogP contribution in [0.2, 0.25) is 0 Å². The number of benzene rings is 1. The second-order valence-electron chi connectivity index (χ2n) is 4.19. The van der Waals surface area contributed by atoms with Crippen molar-refractivity contribution >= 4 is 0 Å². The van der Waals surface area contributed by atoms with Crippen LogP contribution < -0.4 is 4.74 Å². The van der Waals surface area contributed by atoms with Crippen molar-refractivity contribution in [3.05, 3.63) is 39.8 Å². The van der Waals surface area contributed by atoms with Gasteiger partial charge in [-0.15, -0.1) is 0 Å². The number of aryl methyl sites for hydroxylation is 1. The second-order valence-corrected chi connectivity index (χ2v) is 4.19. The van der Waals surface area contributed by atoms with Gasteiger partial charge in [-0.1, -0.05) is 29.2 Å². The predicted molar refractivity (Wildman–Crippen MR) is 70.6 cm³/mol. The van der Waals surface area contributed by atoms with E-state index in [-0.39, 0.29) is 12.6 Å². The monoisotopic (exact) mass is 249 g/mol. The summed E-state index contributed by atoms with van der Waals surface area (Å²) in [6, 6.07) is 5.59. The molecule has 0 aromatic heterocycles. The third-order valence-electron chi connectivity index (χ3n) is 2.82. The summed E-state index contributed by atoms with van der Waals surface area (Å²) in [6.45, 7) is 2.15. The minimum Gasteiger partial charge on any atom is -0.496 e. The highest BCUT2D eigenvalue weighted by molar-refractivity contribution is 5.39. The SMILES string of the molecule is COc1ccc(C)cc1C(CCCCO)N=[N+]=[N-]. The Bertz CT molecular complexity index is 428. The van der Waals surface area contributed by atoms with Crippen LogP contribution >= 0.6 is 0 Å². The molecule has 0 aliphatic carbocycles.